The van der Waals surface area contributed by atoms with Crippen molar-refractivity contribution in [2.75, 3.05) is 13.6 Å². The van der Waals surface area contributed by atoms with Crippen molar-refractivity contribution in [2.45, 2.75) is 24.9 Å². The van der Waals surface area contributed by atoms with Crippen LogP contribution in [0.3, 0.4) is 0 Å². The molecule has 0 spiro atoms. The van der Waals surface area contributed by atoms with E-state index in [2.05, 4.69) is 0 Å². The summed E-state index contributed by atoms with van der Waals surface area (Å²) >= 11 is 6.14. The summed E-state index contributed by atoms with van der Waals surface area (Å²) in [6.45, 7) is 1.34. The first-order chi connectivity index (χ1) is 15.2. The van der Waals surface area contributed by atoms with E-state index >= 15 is 0 Å². The summed E-state index contributed by atoms with van der Waals surface area (Å²) in [6, 6.07) is 19.8. The summed E-state index contributed by atoms with van der Waals surface area (Å²) in [5.41, 5.74) is 1.82. The highest BCUT2D eigenvalue weighted by molar-refractivity contribution is 7.89. The van der Waals surface area contributed by atoms with Crippen LogP contribution in [0, 0.1) is 12.7 Å². The van der Waals surface area contributed by atoms with Gasteiger partial charge in [0.2, 0.25) is 15.9 Å². The van der Waals surface area contributed by atoms with Crippen LogP contribution < -0.4 is 0 Å². The third-order valence-electron chi connectivity index (χ3n) is 5.05. The number of rotatable bonds is 8. The molecule has 0 radical (unpaired) electrons. The monoisotopic (exact) mass is 474 g/mol. The third-order valence-corrected chi connectivity index (χ3v) is 7.21. The number of aryl methyl sites for hydroxylation is 1. The van der Waals surface area contributed by atoms with E-state index in [0.717, 1.165) is 15.4 Å². The predicted molar refractivity (Wildman–Crippen MR) is 123 cm³/mol. The number of hydrogen-bond acceptors (Lipinski definition) is 3. The Balaban J connectivity index is 1.91. The van der Waals surface area contributed by atoms with Gasteiger partial charge in [-0.1, -0.05) is 65.7 Å². The molecule has 32 heavy (non-hydrogen) atoms. The van der Waals surface area contributed by atoms with Crippen molar-refractivity contribution < 1.29 is 17.6 Å². The lowest BCUT2D eigenvalue weighted by atomic mass is 10.2. The van der Waals surface area contributed by atoms with Crippen LogP contribution in [-0.2, 0) is 27.9 Å². The molecule has 5 nitrogen and oxygen atoms in total. The van der Waals surface area contributed by atoms with Crippen LogP contribution in [0.2, 0.25) is 5.02 Å². The van der Waals surface area contributed by atoms with Gasteiger partial charge in [0.25, 0.3) is 0 Å². The SMILES string of the molecule is Cc1ccc(S(=O)(=O)N(CC(=O)N(C)Cc2ccccc2)Cc2c(F)cccc2Cl)cc1. The number of benzene rings is 3. The Labute approximate surface area is 193 Å². The minimum absolute atomic E-state index is 0.0170. The molecule has 0 heterocycles. The number of sulfonamides is 1. The zero-order valence-electron chi connectivity index (χ0n) is 17.8. The molecule has 0 saturated carbocycles. The normalized spacial score (nSPS) is 11.5. The molecular weight excluding hydrogens is 451 g/mol. The zero-order chi connectivity index (χ0) is 23.3. The van der Waals surface area contributed by atoms with Crippen LogP contribution >= 0.6 is 11.6 Å². The van der Waals surface area contributed by atoms with Gasteiger partial charge in [0.1, 0.15) is 5.82 Å². The highest BCUT2D eigenvalue weighted by Crippen LogP contribution is 2.25. The van der Waals surface area contributed by atoms with Crippen LogP contribution in [0.25, 0.3) is 0 Å². The molecule has 1 amide bonds. The topological polar surface area (TPSA) is 57.7 Å². The second kappa shape index (κ2) is 10.3. The predicted octanol–water partition coefficient (Wildman–Crippen LogP) is 4.64. The van der Waals surface area contributed by atoms with Gasteiger partial charge in [-0.25, -0.2) is 12.8 Å². The molecule has 8 heteroatoms. The minimum Gasteiger partial charge on any atom is -0.340 e. The first kappa shape index (κ1) is 23.9. The molecule has 0 bridgehead atoms. The van der Waals surface area contributed by atoms with Crippen LogP contribution in [0.4, 0.5) is 4.39 Å². The van der Waals surface area contributed by atoms with E-state index in [9.17, 15) is 17.6 Å². The van der Waals surface area contributed by atoms with Gasteiger partial charge in [0.15, 0.2) is 0 Å². The van der Waals surface area contributed by atoms with Crippen LogP contribution in [0.1, 0.15) is 16.7 Å². The summed E-state index contributed by atoms with van der Waals surface area (Å²) in [5, 5.41) is 0.0965. The number of hydrogen-bond donors (Lipinski definition) is 0. The van der Waals surface area contributed by atoms with Gasteiger partial charge in [0, 0.05) is 30.7 Å². The van der Waals surface area contributed by atoms with Crippen molar-refractivity contribution >= 4 is 27.5 Å². The molecule has 0 aliphatic heterocycles. The number of amides is 1. The van der Waals surface area contributed by atoms with Crippen molar-refractivity contribution in [3.63, 3.8) is 0 Å². The fraction of sp³-hybridized carbons (Fsp3) is 0.208. The first-order valence-electron chi connectivity index (χ1n) is 9.96. The minimum atomic E-state index is -4.09. The Morgan fingerprint density at radius 3 is 2.22 bits per heavy atom. The molecule has 0 aliphatic carbocycles. The molecule has 168 valence electrons. The van der Waals surface area contributed by atoms with Crippen molar-refractivity contribution in [1.82, 2.24) is 9.21 Å². The number of carbonyl (C=O) groups is 1. The van der Waals surface area contributed by atoms with E-state index in [-0.39, 0.29) is 22.0 Å². The van der Waals surface area contributed by atoms with Gasteiger partial charge in [0.05, 0.1) is 11.4 Å². The summed E-state index contributed by atoms with van der Waals surface area (Å²) in [5.74, 6) is -1.05. The van der Waals surface area contributed by atoms with Gasteiger partial charge in [-0.2, -0.15) is 4.31 Å². The summed E-state index contributed by atoms with van der Waals surface area (Å²) < 4.78 is 42.2. The standard InChI is InChI=1S/C24H24ClFN2O3S/c1-18-11-13-20(14-12-18)32(30,31)28(16-21-22(25)9-6-10-23(21)26)17-24(29)27(2)15-19-7-4-3-5-8-19/h3-14H,15-17H2,1-2H3. The largest absolute Gasteiger partial charge is 0.340 e. The molecule has 0 atom stereocenters. The lowest BCUT2D eigenvalue weighted by Gasteiger charge is -2.25. The second-order valence-electron chi connectivity index (χ2n) is 7.52. The Hall–Kier alpha value is -2.74. The smallest absolute Gasteiger partial charge is 0.243 e. The molecule has 3 aromatic carbocycles. The molecular formula is C24H24ClFN2O3S. The van der Waals surface area contributed by atoms with Crippen LogP contribution in [0.15, 0.2) is 77.7 Å². The summed E-state index contributed by atoms with van der Waals surface area (Å²) in [4.78, 5) is 14.4. The maximum Gasteiger partial charge on any atom is 0.243 e. The number of halogens is 2. The van der Waals surface area contributed by atoms with Gasteiger partial charge in [-0.15, -0.1) is 0 Å². The van der Waals surface area contributed by atoms with E-state index < -0.39 is 28.3 Å². The fourth-order valence-corrected chi connectivity index (χ4v) is 4.74. The molecule has 0 aliphatic rings. The van der Waals surface area contributed by atoms with Crippen molar-refractivity contribution in [3.8, 4) is 0 Å². The molecule has 0 aromatic heterocycles. The Morgan fingerprint density at radius 2 is 1.59 bits per heavy atom. The Kier molecular flexibility index (Phi) is 7.66. The van der Waals surface area contributed by atoms with Gasteiger partial charge in [-0.3, -0.25) is 4.79 Å². The Morgan fingerprint density at radius 1 is 0.938 bits per heavy atom. The van der Waals surface area contributed by atoms with E-state index in [1.165, 1.54) is 35.2 Å². The highest BCUT2D eigenvalue weighted by Gasteiger charge is 2.29. The summed E-state index contributed by atoms with van der Waals surface area (Å²) in [7, 11) is -2.49. The Bertz CT molecular complexity index is 1170. The second-order valence-corrected chi connectivity index (χ2v) is 9.87. The van der Waals surface area contributed by atoms with Gasteiger partial charge >= 0.3 is 0 Å². The van der Waals surface area contributed by atoms with Crippen molar-refractivity contribution in [1.29, 1.82) is 0 Å². The average Bonchev–Trinajstić information content (AvgIpc) is 2.76. The quantitative estimate of drug-likeness (QED) is 0.478. The van der Waals surface area contributed by atoms with E-state index in [1.54, 1.807) is 19.2 Å². The van der Waals surface area contributed by atoms with Gasteiger partial charge in [-0.05, 0) is 36.8 Å². The fourth-order valence-electron chi connectivity index (χ4n) is 3.16. The summed E-state index contributed by atoms with van der Waals surface area (Å²) in [6.07, 6.45) is 0. The lowest BCUT2D eigenvalue weighted by Crippen LogP contribution is -2.41. The van der Waals surface area contributed by atoms with Crippen LogP contribution in [-0.4, -0.2) is 37.1 Å². The maximum atomic E-state index is 14.4. The van der Waals surface area contributed by atoms with E-state index in [4.69, 9.17) is 11.6 Å². The van der Waals surface area contributed by atoms with Gasteiger partial charge < -0.3 is 4.90 Å². The third kappa shape index (κ3) is 5.73. The molecule has 0 unspecified atom stereocenters. The maximum absolute atomic E-state index is 14.4. The zero-order valence-corrected chi connectivity index (χ0v) is 19.4. The number of nitrogens with zero attached hydrogens (tertiary/aromatic N) is 2. The van der Waals surface area contributed by atoms with E-state index in [0.29, 0.717) is 6.54 Å². The molecule has 0 saturated heterocycles. The molecule has 0 fully saturated rings. The van der Waals surface area contributed by atoms with Crippen molar-refractivity contribution in [3.05, 3.63) is 100 Å². The molecule has 0 N–H and O–H groups in total. The highest BCUT2D eigenvalue weighted by atomic mass is 35.5. The average molecular weight is 475 g/mol. The lowest BCUT2D eigenvalue weighted by molar-refractivity contribution is -0.130. The molecule has 3 aromatic rings. The number of carbonyl (C=O) groups excluding carboxylic acids is 1. The van der Waals surface area contributed by atoms with Crippen molar-refractivity contribution in [2.24, 2.45) is 0 Å². The van der Waals surface area contributed by atoms with E-state index in [1.807, 2.05) is 37.3 Å². The number of likely N-dealkylation sites (N-methyl/N-ethyl adjacent to an activating group) is 1. The first-order valence-corrected chi connectivity index (χ1v) is 11.8. The molecule has 3 rings (SSSR count). The van der Waals surface area contributed by atoms with Crippen LogP contribution in [0.5, 0.6) is 0 Å².